The SMILES string of the molecule is CCOC(=O)C1=CNCC(C(=O)C2CCCCC2)c2c1[nH]c1ccccc21. The second-order valence-electron chi connectivity index (χ2n) is 7.44. The quantitative estimate of drug-likeness (QED) is 0.805. The molecule has 1 aliphatic carbocycles. The largest absolute Gasteiger partial charge is 0.462 e. The third-order valence-electron chi connectivity index (χ3n) is 5.78. The molecule has 2 aromatic rings. The summed E-state index contributed by atoms with van der Waals surface area (Å²) in [6.45, 7) is 2.62. The van der Waals surface area contributed by atoms with Crippen molar-refractivity contribution in [3.63, 3.8) is 0 Å². The van der Waals surface area contributed by atoms with Crippen LogP contribution in [0.5, 0.6) is 0 Å². The zero-order chi connectivity index (χ0) is 18.8. The summed E-state index contributed by atoms with van der Waals surface area (Å²) in [6.07, 6.45) is 7.13. The van der Waals surface area contributed by atoms with Crippen molar-refractivity contribution in [3.05, 3.63) is 41.7 Å². The first-order valence-corrected chi connectivity index (χ1v) is 9.96. The van der Waals surface area contributed by atoms with E-state index in [0.717, 1.165) is 42.1 Å². The van der Waals surface area contributed by atoms with Crippen molar-refractivity contribution in [3.8, 4) is 0 Å². The lowest BCUT2D eigenvalue weighted by Gasteiger charge is -2.25. The molecule has 0 bridgehead atoms. The lowest BCUT2D eigenvalue weighted by Crippen LogP contribution is -2.29. The fourth-order valence-corrected chi connectivity index (χ4v) is 4.48. The summed E-state index contributed by atoms with van der Waals surface area (Å²) >= 11 is 0. The van der Waals surface area contributed by atoms with Gasteiger partial charge in [-0.1, -0.05) is 37.5 Å². The van der Waals surface area contributed by atoms with Gasteiger partial charge in [-0.15, -0.1) is 0 Å². The first-order chi connectivity index (χ1) is 13.2. The van der Waals surface area contributed by atoms with Crippen LogP contribution in [0.4, 0.5) is 0 Å². The highest BCUT2D eigenvalue weighted by molar-refractivity contribution is 6.18. The maximum absolute atomic E-state index is 13.4. The van der Waals surface area contributed by atoms with Crippen molar-refractivity contribution >= 4 is 28.2 Å². The minimum absolute atomic E-state index is 0.121. The standard InChI is InChI=1S/C22H26N2O3/c1-2-27-22(26)17-13-23-12-16(21(25)14-8-4-3-5-9-14)19-15-10-6-7-11-18(15)24-20(17)19/h6-7,10-11,13-14,16,23-24H,2-5,8-9,12H2,1H3. The van der Waals surface area contributed by atoms with Crippen molar-refractivity contribution in [2.24, 2.45) is 5.92 Å². The number of carbonyl (C=O) groups is 2. The van der Waals surface area contributed by atoms with Gasteiger partial charge in [-0.05, 0) is 31.4 Å². The van der Waals surface area contributed by atoms with E-state index in [0.29, 0.717) is 30.2 Å². The monoisotopic (exact) mass is 366 g/mol. The van der Waals surface area contributed by atoms with E-state index < -0.39 is 0 Å². The van der Waals surface area contributed by atoms with Crippen LogP contribution in [0.15, 0.2) is 30.5 Å². The van der Waals surface area contributed by atoms with Crippen LogP contribution < -0.4 is 5.32 Å². The minimum Gasteiger partial charge on any atom is -0.462 e. The molecule has 2 N–H and O–H groups in total. The number of esters is 1. The molecule has 1 aromatic heterocycles. The van der Waals surface area contributed by atoms with Gasteiger partial charge >= 0.3 is 5.97 Å². The molecule has 4 rings (SSSR count). The summed E-state index contributed by atoms with van der Waals surface area (Å²) in [4.78, 5) is 29.3. The number of ketones is 1. The molecule has 0 amide bonds. The van der Waals surface area contributed by atoms with Gasteiger partial charge in [0, 0.05) is 29.6 Å². The molecule has 1 saturated carbocycles. The van der Waals surface area contributed by atoms with Gasteiger partial charge in [0.05, 0.1) is 23.8 Å². The highest BCUT2D eigenvalue weighted by Gasteiger charge is 2.35. The average Bonchev–Trinajstić information content (AvgIpc) is 2.97. The second-order valence-corrected chi connectivity index (χ2v) is 7.44. The number of ether oxygens (including phenoxy) is 1. The lowest BCUT2D eigenvalue weighted by molar-refractivity contribution is -0.136. The first kappa shape index (κ1) is 17.8. The van der Waals surface area contributed by atoms with E-state index in [2.05, 4.69) is 10.3 Å². The van der Waals surface area contributed by atoms with E-state index in [1.165, 1.54) is 6.42 Å². The molecule has 2 aliphatic rings. The van der Waals surface area contributed by atoms with Gasteiger partial charge in [0.1, 0.15) is 5.78 Å². The van der Waals surface area contributed by atoms with Crippen LogP contribution in [-0.4, -0.2) is 29.9 Å². The van der Waals surface area contributed by atoms with Crippen molar-refractivity contribution in [2.75, 3.05) is 13.2 Å². The third kappa shape index (κ3) is 3.27. The Morgan fingerprint density at radius 3 is 2.70 bits per heavy atom. The van der Waals surface area contributed by atoms with E-state index in [-0.39, 0.29) is 17.8 Å². The number of H-pyrrole nitrogens is 1. The third-order valence-corrected chi connectivity index (χ3v) is 5.78. The normalized spacial score (nSPS) is 20.3. The van der Waals surface area contributed by atoms with Crippen LogP contribution in [-0.2, 0) is 14.3 Å². The molecule has 1 fully saturated rings. The molecule has 1 aromatic carbocycles. The Labute approximate surface area is 159 Å². The van der Waals surface area contributed by atoms with E-state index in [9.17, 15) is 9.59 Å². The van der Waals surface area contributed by atoms with E-state index in [1.54, 1.807) is 13.1 Å². The summed E-state index contributed by atoms with van der Waals surface area (Å²) in [7, 11) is 0. The molecule has 5 heteroatoms. The zero-order valence-corrected chi connectivity index (χ0v) is 15.7. The van der Waals surface area contributed by atoms with Crippen molar-refractivity contribution in [2.45, 2.75) is 44.9 Å². The van der Waals surface area contributed by atoms with Crippen molar-refractivity contribution < 1.29 is 14.3 Å². The van der Waals surface area contributed by atoms with Crippen LogP contribution >= 0.6 is 0 Å². The smallest absolute Gasteiger partial charge is 0.341 e. The van der Waals surface area contributed by atoms with Gasteiger partial charge in [-0.2, -0.15) is 0 Å². The van der Waals surface area contributed by atoms with Crippen LogP contribution in [0.2, 0.25) is 0 Å². The van der Waals surface area contributed by atoms with E-state index in [1.807, 2.05) is 24.3 Å². The number of rotatable bonds is 4. The Hall–Kier alpha value is -2.56. The Bertz CT molecular complexity index is 890. The van der Waals surface area contributed by atoms with Gasteiger partial charge in [0.2, 0.25) is 0 Å². The molecule has 5 nitrogen and oxygen atoms in total. The van der Waals surface area contributed by atoms with Gasteiger partial charge < -0.3 is 15.0 Å². The fourth-order valence-electron chi connectivity index (χ4n) is 4.48. The number of hydrogen-bond donors (Lipinski definition) is 2. The van der Waals surface area contributed by atoms with Crippen LogP contribution in [0.25, 0.3) is 16.5 Å². The van der Waals surface area contributed by atoms with Gasteiger partial charge in [-0.3, -0.25) is 4.79 Å². The Morgan fingerprint density at radius 2 is 1.93 bits per heavy atom. The second kappa shape index (κ2) is 7.59. The maximum atomic E-state index is 13.4. The van der Waals surface area contributed by atoms with Crippen LogP contribution in [0, 0.1) is 5.92 Å². The summed E-state index contributed by atoms with van der Waals surface area (Å²) < 4.78 is 5.25. The maximum Gasteiger partial charge on any atom is 0.341 e. The Kier molecular flexibility index (Phi) is 5.01. The predicted octanol–water partition coefficient (Wildman–Crippen LogP) is 3.91. The highest BCUT2D eigenvalue weighted by Crippen LogP contribution is 2.38. The number of nitrogens with one attached hydrogen (secondary N) is 2. The lowest BCUT2D eigenvalue weighted by atomic mass is 9.78. The van der Waals surface area contributed by atoms with Crippen LogP contribution in [0.1, 0.15) is 56.2 Å². The summed E-state index contributed by atoms with van der Waals surface area (Å²) in [6, 6.07) is 7.95. The highest BCUT2D eigenvalue weighted by atomic mass is 16.5. The number of carbonyl (C=O) groups excluding carboxylic acids is 2. The fraction of sp³-hybridized carbons (Fsp3) is 0.455. The summed E-state index contributed by atoms with van der Waals surface area (Å²) in [5, 5.41) is 4.22. The molecule has 0 spiro atoms. The zero-order valence-electron chi connectivity index (χ0n) is 15.7. The number of aromatic nitrogens is 1. The number of fused-ring (bicyclic) bond motifs is 3. The average molecular weight is 366 g/mol. The number of Topliss-reactive ketones (excluding diaryl/α,β-unsaturated/α-hetero) is 1. The molecule has 0 radical (unpaired) electrons. The molecule has 1 unspecified atom stereocenters. The summed E-state index contributed by atoms with van der Waals surface area (Å²) in [5.41, 5.74) is 3.06. The van der Waals surface area contributed by atoms with Crippen molar-refractivity contribution in [1.82, 2.24) is 10.3 Å². The molecule has 1 atom stereocenters. The van der Waals surface area contributed by atoms with Gasteiger partial charge in [0.15, 0.2) is 0 Å². The minimum atomic E-state index is -0.372. The van der Waals surface area contributed by atoms with Crippen molar-refractivity contribution in [1.29, 1.82) is 0 Å². The number of para-hydroxylation sites is 1. The van der Waals surface area contributed by atoms with E-state index >= 15 is 0 Å². The molecular weight excluding hydrogens is 340 g/mol. The Balaban J connectivity index is 1.80. The van der Waals surface area contributed by atoms with E-state index in [4.69, 9.17) is 4.74 Å². The number of benzene rings is 1. The number of hydrogen-bond acceptors (Lipinski definition) is 4. The number of aromatic amines is 1. The molecule has 2 heterocycles. The summed E-state index contributed by atoms with van der Waals surface area (Å²) in [5.74, 6) is -0.214. The molecular formula is C22H26N2O3. The molecule has 0 saturated heterocycles. The first-order valence-electron chi connectivity index (χ1n) is 9.96. The molecule has 27 heavy (non-hydrogen) atoms. The Morgan fingerprint density at radius 1 is 1.15 bits per heavy atom. The predicted molar refractivity (Wildman–Crippen MR) is 105 cm³/mol. The van der Waals surface area contributed by atoms with Gasteiger partial charge in [-0.25, -0.2) is 4.79 Å². The van der Waals surface area contributed by atoms with Crippen LogP contribution in [0.3, 0.4) is 0 Å². The molecule has 1 aliphatic heterocycles. The van der Waals surface area contributed by atoms with Gasteiger partial charge in [0.25, 0.3) is 0 Å². The molecule has 142 valence electrons. The topological polar surface area (TPSA) is 71.2 Å².